The summed E-state index contributed by atoms with van der Waals surface area (Å²) in [5.74, 6) is -1.10. The first-order chi connectivity index (χ1) is 14.3. The van der Waals surface area contributed by atoms with Crippen molar-refractivity contribution < 1.29 is 14.7 Å². The topological polar surface area (TPSA) is 74.9 Å². The van der Waals surface area contributed by atoms with Crippen LogP contribution in [0, 0.1) is 26.7 Å². The van der Waals surface area contributed by atoms with Crippen LogP contribution in [0.3, 0.4) is 0 Å². The fraction of sp³-hybridized carbons (Fsp3) is 0.375. The number of hydrogen-bond acceptors (Lipinski definition) is 3. The molecule has 156 valence electrons. The molecule has 4 rings (SSSR count). The molecule has 1 N–H and O–H groups in total. The van der Waals surface area contributed by atoms with Gasteiger partial charge in [-0.3, -0.25) is 9.59 Å². The van der Waals surface area contributed by atoms with Crippen LogP contribution in [-0.4, -0.2) is 44.4 Å². The van der Waals surface area contributed by atoms with E-state index < -0.39 is 5.97 Å². The van der Waals surface area contributed by atoms with E-state index in [2.05, 4.69) is 32.0 Å². The number of fused-ring (bicyclic) bond motifs is 1. The summed E-state index contributed by atoms with van der Waals surface area (Å²) in [4.78, 5) is 30.9. The minimum Gasteiger partial charge on any atom is -0.481 e. The van der Waals surface area contributed by atoms with E-state index in [0.29, 0.717) is 25.9 Å². The minimum atomic E-state index is -0.767. The Labute approximate surface area is 176 Å². The van der Waals surface area contributed by atoms with Crippen molar-refractivity contribution in [2.45, 2.75) is 40.0 Å². The van der Waals surface area contributed by atoms with Gasteiger partial charge in [-0.1, -0.05) is 12.1 Å². The average molecular weight is 405 g/mol. The standard InChI is InChI=1S/C24H27N3O3/c1-15-6-11-27-20(14-22(28)26-9-7-18(8-10-26)24(29)30)23(25-21(27)12-15)19-5-4-16(2)17(3)13-19/h4-6,11-13,18H,7-10,14H2,1-3H3,(H,29,30). The molecule has 0 spiro atoms. The highest BCUT2D eigenvalue weighted by molar-refractivity contribution is 5.82. The molecule has 1 amide bonds. The number of benzene rings is 1. The number of rotatable bonds is 4. The molecule has 6 nitrogen and oxygen atoms in total. The summed E-state index contributed by atoms with van der Waals surface area (Å²) in [5.41, 5.74) is 7.07. The summed E-state index contributed by atoms with van der Waals surface area (Å²) in [6.45, 7) is 7.17. The number of aryl methyl sites for hydroxylation is 3. The molecule has 0 unspecified atom stereocenters. The number of carbonyl (C=O) groups excluding carboxylic acids is 1. The van der Waals surface area contributed by atoms with Crippen molar-refractivity contribution >= 4 is 17.5 Å². The maximum atomic E-state index is 13.1. The summed E-state index contributed by atoms with van der Waals surface area (Å²) < 4.78 is 2.00. The summed E-state index contributed by atoms with van der Waals surface area (Å²) in [6, 6.07) is 10.3. The third-order valence-corrected chi connectivity index (χ3v) is 6.18. The Hall–Kier alpha value is -3.15. The Balaban J connectivity index is 1.68. The highest BCUT2D eigenvalue weighted by Gasteiger charge is 2.28. The predicted octanol–water partition coefficient (Wildman–Crippen LogP) is 3.79. The first-order valence-corrected chi connectivity index (χ1v) is 10.4. The van der Waals surface area contributed by atoms with Crippen LogP contribution in [0.2, 0.25) is 0 Å². The van der Waals surface area contributed by atoms with E-state index in [4.69, 9.17) is 4.98 Å². The maximum absolute atomic E-state index is 13.1. The number of carboxylic acids is 1. The molecule has 3 heterocycles. The lowest BCUT2D eigenvalue weighted by molar-refractivity contribution is -0.145. The van der Waals surface area contributed by atoms with Crippen molar-refractivity contribution in [3.05, 3.63) is 58.9 Å². The maximum Gasteiger partial charge on any atom is 0.306 e. The zero-order valence-electron chi connectivity index (χ0n) is 17.7. The number of nitrogens with zero attached hydrogens (tertiary/aromatic N) is 3. The van der Waals surface area contributed by atoms with Crippen LogP contribution in [-0.2, 0) is 16.0 Å². The van der Waals surface area contributed by atoms with Gasteiger partial charge >= 0.3 is 5.97 Å². The zero-order chi connectivity index (χ0) is 21.4. The van der Waals surface area contributed by atoms with Gasteiger partial charge in [-0.15, -0.1) is 0 Å². The zero-order valence-corrected chi connectivity index (χ0v) is 17.7. The third kappa shape index (κ3) is 3.82. The first-order valence-electron chi connectivity index (χ1n) is 10.4. The molecule has 0 bridgehead atoms. The molecule has 3 aromatic rings. The highest BCUT2D eigenvalue weighted by atomic mass is 16.4. The molecule has 0 aliphatic carbocycles. The SMILES string of the molecule is Cc1ccn2c(CC(=O)N3CCC(C(=O)O)CC3)c(-c3ccc(C)c(C)c3)nc2c1. The van der Waals surface area contributed by atoms with Gasteiger partial charge in [0.15, 0.2) is 0 Å². The molecule has 1 fully saturated rings. The Morgan fingerprint density at radius 2 is 1.80 bits per heavy atom. The van der Waals surface area contributed by atoms with Crippen molar-refractivity contribution in [2.24, 2.45) is 5.92 Å². The Kier molecular flexibility index (Phi) is 5.33. The van der Waals surface area contributed by atoms with Crippen LogP contribution < -0.4 is 0 Å². The molecule has 6 heteroatoms. The average Bonchev–Trinajstić information content (AvgIpc) is 3.07. The number of hydrogen-bond donors (Lipinski definition) is 1. The number of imidazole rings is 1. The van der Waals surface area contributed by atoms with Gasteiger partial charge in [0.05, 0.1) is 23.7 Å². The molecule has 1 aliphatic heterocycles. The summed E-state index contributed by atoms with van der Waals surface area (Å²) in [6.07, 6.45) is 3.24. The number of carboxylic acid groups (broad SMARTS) is 1. The lowest BCUT2D eigenvalue weighted by Gasteiger charge is -2.30. The Morgan fingerprint density at radius 3 is 2.47 bits per heavy atom. The van der Waals surface area contributed by atoms with E-state index in [1.54, 1.807) is 4.90 Å². The quantitative estimate of drug-likeness (QED) is 0.717. The van der Waals surface area contributed by atoms with Crippen LogP contribution in [0.15, 0.2) is 36.5 Å². The number of pyridine rings is 1. The number of aliphatic carboxylic acids is 1. The van der Waals surface area contributed by atoms with Crippen molar-refractivity contribution in [2.75, 3.05) is 13.1 Å². The van der Waals surface area contributed by atoms with Crippen LogP contribution in [0.5, 0.6) is 0 Å². The van der Waals surface area contributed by atoms with Crippen LogP contribution in [0.25, 0.3) is 16.9 Å². The molecular weight excluding hydrogens is 378 g/mol. The largest absolute Gasteiger partial charge is 0.481 e. The summed E-state index contributed by atoms with van der Waals surface area (Å²) in [7, 11) is 0. The minimum absolute atomic E-state index is 0.0197. The van der Waals surface area contributed by atoms with Crippen molar-refractivity contribution in [3.8, 4) is 11.3 Å². The summed E-state index contributed by atoms with van der Waals surface area (Å²) in [5, 5.41) is 9.20. The van der Waals surface area contributed by atoms with E-state index in [9.17, 15) is 14.7 Å². The molecule has 0 radical (unpaired) electrons. The molecule has 1 saturated heterocycles. The Morgan fingerprint density at radius 1 is 1.07 bits per heavy atom. The van der Waals surface area contributed by atoms with Crippen LogP contribution in [0.1, 0.15) is 35.2 Å². The van der Waals surface area contributed by atoms with Crippen molar-refractivity contribution in [1.29, 1.82) is 0 Å². The smallest absolute Gasteiger partial charge is 0.306 e. The Bertz CT molecular complexity index is 1120. The fourth-order valence-electron chi connectivity index (χ4n) is 4.12. The third-order valence-electron chi connectivity index (χ3n) is 6.18. The fourth-order valence-corrected chi connectivity index (χ4v) is 4.12. The number of amides is 1. The van der Waals surface area contributed by atoms with Gasteiger partial charge in [-0.25, -0.2) is 4.98 Å². The van der Waals surface area contributed by atoms with Crippen LogP contribution >= 0.6 is 0 Å². The van der Waals surface area contributed by atoms with Gasteiger partial charge < -0.3 is 14.4 Å². The normalized spacial score (nSPS) is 15.0. The summed E-state index contributed by atoms with van der Waals surface area (Å²) >= 11 is 0. The second-order valence-corrected chi connectivity index (χ2v) is 8.31. The van der Waals surface area contributed by atoms with E-state index in [0.717, 1.165) is 28.2 Å². The number of piperidine rings is 1. The molecule has 30 heavy (non-hydrogen) atoms. The van der Waals surface area contributed by atoms with Gasteiger partial charge in [-0.05, 0) is 68.5 Å². The van der Waals surface area contributed by atoms with E-state index in [1.807, 2.05) is 29.7 Å². The molecular formula is C24H27N3O3. The molecule has 2 aromatic heterocycles. The predicted molar refractivity (Wildman–Crippen MR) is 115 cm³/mol. The van der Waals surface area contributed by atoms with Gasteiger partial charge in [0, 0.05) is 24.8 Å². The number of aromatic nitrogens is 2. The molecule has 1 aromatic carbocycles. The van der Waals surface area contributed by atoms with E-state index in [-0.39, 0.29) is 18.2 Å². The molecule has 0 atom stereocenters. The van der Waals surface area contributed by atoms with Crippen LogP contribution in [0.4, 0.5) is 0 Å². The first kappa shape index (κ1) is 20.1. The second kappa shape index (κ2) is 7.94. The number of carbonyl (C=O) groups is 2. The molecule has 0 saturated carbocycles. The van der Waals surface area contributed by atoms with Gasteiger partial charge in [0.25, 0.3) is 0 Å². The lowest BCUT2D eigenvalue weighted by atomic mass is 9.96. The highest BCUT2D eigenvalue weighted by Crippen LogP contribution is 2.28. The number of likely N-dealkylation sites (tertiary alicyclic amines) is 1. The van der Waals surface area contributed by atoms with E-state index >= 15 is 0 Å². The van der Waals surface area contributed by atoms with E-state index in [1.165, 1.54) is 11.1 Å². The van der Waals surface area contributed by atoms with Gasteiger partial charge in [0.1, 0.15) is 5.65 Å². The molecule has 1 aliphatic rings. The monoisotopic (exact) mass is 405 g/mol. The van der Waals surface area contributed by atoms with Gasteiger partial charge in [0.2, 0.25) is 5.91 Å². The second-order valence-electron chi connectivity index (χ2n) is 8.31. The van der Waals surface area contributed by atoms with Gasteiger partial charge in [-0.2, -0.15) is 0 Å². The van der Waals surface area contributed by atoms with Crippen molar-refractivity contribution in [1.82, 2.24) is 14.3 Å². The lowest BCUT2D eigenvalue weighted by Crippen LogP contribution is -2.41. The van der Waals surface area contributed by atoms with Crippen molar-refractivity contribution in [3.63, 3.8) is 0 Å².